The van der Waals surface area contributed by atoms with Crippen molar-refractivity contribution >= 4 is 40.1 Å². The Morgan fingerprint density at radius 2 is 1.89 bits per heavy atom. The lowest BCUT2D eigenvalue weighted by molar-refractivity contribution is 0.0837. The van der Waals surface area contributed by atoms with Crippen molar-refractivity contribution in [1.29, 1.82) is 0 Å². The number of carbonyl (C=O) groups is 2. The molecule has 3 amide bonds. The van der Waals surface area contributed by atoms with Crippen LogP contribution < -0.4 is 25.8 Å². The van der Waals surface area contributed by atoms with Gasteiger partial charge in [-0.05, 0) is 49.4 Å². The van der Waals surface area contributed by atoms with Crippen molar-refractivity contribution in [3.63, 3.8) is 0 Å². The summed E-state index contributed by atoms with van der Waals surface area (Å²) >= 11 is 6.38. The van der Waals surface area contributed by atoms with Crippen LogP contribution in [-0.4, -0.2) is 40.8 Å². The summed E-state index contributed by atoms with van der Waals surface area (Å²) in [5.41, 5.74) is 6.82. The number of ether oxygens (including phenoxy) is 2. The second-order valence-electron chi connectivity index (χ2n) is 10.0. The monoisotopic (exact) mass is 538 g/mol. The summed E-state index contributed by atoms with van der Waals surface area (Å²) in [7, 11) is 0. The molecule has 2 fully saturated rings. The molecule has 0 saturated heterocycles. The number of anilines is 1. The van der Waals surface area contributed by atoms with E-state index in [0.29, 0.717) is 45.5 Å². The van der Waals surface area contributed by atoms with Crippen LogP contribution >= 0.6 is 11.6 Å². The first kappa shape index (κ1) is 26.1. The second kappa shape index (κ2) is 11.4. The molecule has 200 valence electrons. The SMILES string of the molecule is NC(=O)c1cc2c(Oc3ccc(NC(=O)NC4CC4)c(Cl)c3)ccnc2cc1OC[C@H](O)CC1CCCC1. The molecule has 1 heterocycles. The zero-order valence-electron chi connectivity index (χ0n) is 20.9. The molecule has 5 rings (SSSR count). The van der Waals surface area contributed by atoms with Crippen molar-refractivity contribution in [3.8, 4) is 17.2 Å². The summed E-state index contributed by atoms with van der Waals surface area (Å²) in [6.45, 7) is 0.0655. The largest absolute Gasteiger partial charge is 0.490 e. The van der Waals surface area contributed by atoms with Gasteiger partial charge in [0.05, 0.1) is 27.9 Å². The van der Waals surface area contributed by atoms with Gasteiger partial charge in [-0.25, -0.2) is 4.79 Å². The molecule has 2 aromatic carbocycles. The number of hydrogen-bond donors (Lipinski definition) is 4. The Morgan fingerprint density at radius 1 is 1.11 bits per heavy atom. The normalized spacial score (nSPS) is 16.3. The number of halogens is 1. The average molecular weight is 539 g/mol. The number of pyridine rings is 1. The van der Waals surface area contributed by atoms with E-state index in [2.05, 4.69) is 15.6 Å². The lowest BCUT2D eigenvalue weighted by Crippen LogP contribution is -2.30. The minimum absolute atomic E-state index is 0.0655. The Balaban J connectivity index is 1.32. The molecule has 38 heavy (non-hydrogen) atoms. The van der Waals surface area contributed by atoms with Crippen LogP contribution in [0.1, 0.15) is 55.3 Å². The highest BCUT2D eigenvalue weighted by Crippen LogP contribution is 2.36. The van der Waals surface area contributed by atoms with Crippen LogP contribution in [0.3, 0.4) is 0 Å². The predicted octanol–water partition coefficient (Wildman–Crippen LogP) is 5.38. The number of aliphatic hydroxyl groups is 1. The number of nitrogens with one attached hydrogen (secondary N) is 2. The van der Waals surface area contributed by atoms with Crippen LogP contribution in [0.2, 0.25) is 5.02 Å². The molecule has 2 aliphatic carbocycles. The number of primary amides is 1. The molecule has 0 radical (unpaired) electrons. The number of aromatic nitrogens is 1. The van der Waals surface area contributed by atoms with Gasteiger partial charge in [-0.1, -0.05) is 37.3 Å². The molecule has 2 aliphatic rings. The fraction of sp³-hybridized carbons (Fsp3) is 0.393. The number of urea groups is 1. The van der Waals surface area contributed by atoms with Gasteiger partial charge < -0.3 is 30.9 Å². The van der Waals surface area contributed by atoms with E-state index in [1.54, 1.807) is 42.6 Å². The first-order valence-corrected chi connectivity index (χ1v) is 13.3. The Bertz CT molecular complexity index is 1340. The van der Waals surface area contributed by atoms with Crippen molar-refractivity contribution in [3.05, 3.63) is 53.2 Å². The molecule has 9 nitrogen and oxygen atoms in total. The highest BCUT2D eigenvalue weighted by Gasteiger charge is 2.24. The maximum atomic E-state index is 12.3. The maximum Gasteiger partial charge on any atom is 0.319 e. The van der Waals surface area contributed by atoms with Crippen molar-refractivity contribution in [2.45, 2.75) is 57.1 Å². The quantitative estimate of drug-likeness (QED) is 0.273. The number of fused-ring (bicyclic) bond motifs is 1. The second-order valence-corrected chi connectivity index (χ2v) is 10.4. The summed E-state index contributed by atoms with van der Waals surface area (Å²) in [6.07, 6.45) is 8.28. The van der Waals surface area contributed by atoms with Gasteiger partial charge in [-0.2, -0.15) is 0 Å². The fourth-order valence-electron chi connectivity index (χ4n) is 4.79. The van der Waals surface area contributed by atoms with E-state index in [0.717, 1.165) is 25.7 Å². The topological polar surface area (TPSA) is 136 Å². The van der Waals surface area contributed by atoms with E-state index in [4.69, 9.17) is 26.8 Å². The maximum absolute atomic E-state index is 12.3. The van der Waals surface area contributed by atoms with Gasteiger partial charge in [-0.15, -0.1) is 0 Å². The molecule has 10 heteroatoms. The van der Waals surface area contributed by atoms with Gasteiger partial charge in [0.2, 0.25) is 0 Å². The van der Waals surface area contributed by atoms with E-state index in [-0.39, 0.29) is 30.0 Å². The van der Waals surface area contributed by atoms with Crippen LogP contribution in [0, 0.1) is 5.92 Å². The molecular formula is C28H31ClN4O5. The van der Waals surface area contributed by atoms with Crippen molar-refractivity contribution in [2.24, 2.45) is 11.7 Å². The van der Waals surface area contributed by atoms with E-state index in [1.165, 1.54) is 12.8 Å². The molecule has 0 aliphatic heterocycles. The molecule has 3 aromatic rings. The third kappa shape index (κ3) is 6.46. The van der Waals surface area contributed by atoms with E-state index < -0.39 is 12.0 Å². The zero-order chi connectivity index (χ0) is 26.6. The van der Waals surface area contributed by atoms with Crippen LogP contribution in [0.4, 0.5) is 10.5 Å². The predicted molar refractivity (Wildman–Crippen MR) is 145 cm³/mol. The fourth-order valence-corrected chi connectivity index (χ4v) is 5.01. The molecule has 0 unspecified atom stereocenters. The summed E-state index contributed by atoms with van der Waals surface area (Å²) < 4.78 is 11.9. The minimum Gasteiger partial charge on any atom is -0.490 e. The highest BCUT2D eigenvalue weighted by atomic mass is 35.5. The number of aliphatic hydroxyl groups excluding tert-OH is 1. The van der Waals surface area contributed by atoms with Crippen LogP contribution in [0.5, 0.6) is 17.2 Å². The number of amides is 3. The summed E-state index contributed by atoms with van der Waals surface area (Å²) in [5, 5.41) is 16.9. The van der Waals surface area contributed by atoms with Crippen LogP contribution in [-0.2, 0) is 0 Å². The smallest absolute Gasteiger partial charge is 0.319 e. The molecule has 0 spiro atoms. The summed E-state index contributed by atoms with van der Waals surface area (Å²) in [6, 6.07) is 9.75. The Kier molecular flexibility index (Phi) is 7.85. The Labute approximate surface area is 225 Å². The summed E-state index contributed by atoms with van der Waals surface area (Å²) in [4.78, 5) is 28.7. The van der Waals surface area contributed by atoms with Gasteiger partial charge >= 0.3 is 6.03 Å². The number of nitrogens with two attached hydrogens (primary N) is 1. The van der Waals surface area contributed by atoms with Crippen LogP contribution in [0.15, 0.2) is 42.6 Å². The Hall–Kier alpha value is -3.56. The number of hydrogen-bond acceptors (Lipinski definition) is 6. The molecule has 1 aromatic heterocycles. The highest BCUT2D eigenvalue weighted by molar-refractivity contribution is 6.33. The molecular weight excluding hydrogens is 508 g/mol. The van der Waals surface area contributed by atoms with Crippen molar-refractivity contribution in [1.82, 2.24) is 10.3 Å². The van der Waals surface area contributed by atoms with Gasteiger partial charge in [0.25, 0.3) is 5.91 Å². The first-order valence-electron chi connectivity index (χ1n) is 12.9. The number of rotatable bonds is 10. The van der Waals surface area contributed by atoms with Crippen molar-refractivity contribution < 1.29 is 24.2 Å². The van der Waals surface area contributed by atoms with Gasteiger partial charge in [0, 0.05) is 29.8 Å². The molecule has 5 N–H and O–H groups in total. The number of benzene rings is 2. The van der Waals surface area contributed by atoms with Gasteiger partial charge in [-0.3, -0.25) is 9.78 Å². The summed E-state index contributed by atoms with van der Waals surface area (Å²) in [5.74, 6) is 0.994. The standard InChI is InChI=1S/C28H31ClN4O5/c29-22-12-19(7-8-23(22)33-28(36)32-17-5-6-17)38-25-9-10-31-24-14-26(21(27(30)35)13-20(24)25)37-15-18(34)11-16-3-1-2-4-16/h7-10,12-14,16-18,34H,1-6,11,15H2,(H2,30,35)(H2,32,33,36)/t18-/m1/s1. The van der Waals surface area contributed by atoms with Crippen LogP contribution in [0.25, 0.3) is 10.9 Å². The van der Waals surface area contributed by atoms with E-state index in [1.807, 2.05) is 0 Å². The van der Waals surface area contributed by atoms with E-state index in [9.17, 15) is 14.7 Å². The van der Waals surface area contributed by atoms with E-state index >= 15 is 0 Å². The van der Waals surface area contributed by atoms with Gasteiger partial charge in [0.15, 0.2) is 0 Å². The molecule has 0 bridgehead atoms. The zero-order valence-corrected chi connectivity index (χ0v) is 21.7. The average Bonchev–Trinajstić information content (AvgIpc) is 3.55. The third-order valence-electron chi connectivity index (χ3n) is 6.91. The first-order chi connectivity index (χ1) is 18.4. The molecule has 2 saturated carbocycles. The molecule has 1 atom stereocenters. The number of carbonyl (C=O) groups excluding carboxylic acids is 2. The third-order valence-corrected chi connectivity index (χ3v) is 7.22. The minimum atomic E-state index is -0.662. The lowest BCUT2D eigenvalue weighted by Gasteiger charge is -2.18. The lowest BCUT2D eigenvalue weighted by atomic mass is 10.0. The number of nitrogens with zero attached hydrogens (tertiary/aromatic N) is 1. The van der Waals surface area contributed by atoms with Crippen molar-refractivity contribution in [2.75, 3.05) is 11.9 Å². The Morgan fingerprint density at radius 3 is 2.61 bits per heavy atom. The van der Waals surface area contributed by atoms with Gasteiger partial charge in [0.1, 0.15) is 23.9 Å².